The van der Waals surface area contributed by atoms with Crippen molar-refractivity contribution in [2.24, 2.45) is 11.7 Å². The van der Waals surface area contributed by atoms with Gasteiger partial charge in [-0.3, -0.25) is 4.79 Å². The molecule has 1 saturated heterocycles. The van der Waals surface area contributed by atoms with Crippen molar-refractivity contribution >= 4 is 11.7 Å². The molecule has 0 bridgehead atoms. The van der Waals surface area contributed by atoms with E-state index >= 15 is 0 Å². The summed E-state index contributed by atoms with van der Waals surface area (Å²) in [5.41, 5.74) is 7.62. The van der Waals surface area contributed by atoms with Crippen LogP contribution < -0.4 is 10.6 Å². The first-order chi connectivity index (χ1) is 11.2. The molecule has 1 aromatic heterocycles. The fraction of sp³-hybridized carbons (Fsp3) is 0.278. The molecule has 116 valence electrons. The molecule has 5 heteroatoms. The number of amides is 1. The smallest absolute Gasteiger partial charge is 0.248 e. The minimum Gasteiger partial charge on any atom is -0.366 e. The largest absolute Gasteiger partial charge is 0.366 e. The first-order valence-electron chi connectivity index (χ1n) is 7.66. The van der Waals surface area contributed by atoms with E-state index in [0.717, 1.165) is 37.3 Å². The maximum atomic E-state index is 11.3. The van der Waals surface area contributed by atoms with Gasteiger partial charge in [0.25, 0.3) is 0 Å². The molecule has 2 aromatic rings. The fourth-order valence-electron chi connectivity index (χ4n) is 3.11. The molecular formula is C18H18N4O. The third-order valence-electron chi connectivity index (χ3n) is 4.23. The molecule has 2 heterocycles. The summed E-state index contributed by atoms with van der Waals surface area (Å²) < 4.78 is 0. The van der Waals surface area contributed by atoms with Crippen LogP contribution in [0.1, 0.15) is 27.9 Å². The molecule has 23 heavy (non-hydrogen) atoms. The number of primary amides is 1. The van der Waals surface area contributed by atoms with Crippen molar-refractivity contribution in [1.82, 2.24) is 4.98 Å². The van der Waals surface area contributed by atoms with Crippen LogP contribution in [0.25, 0.3) is 0 Å². The van der Waals surface area contributed by atoms with Crippen molar-refractivity contribution in [2.45, 2.75) is 12.8 Å². The lowest BCUT2D eigenvalue weighted by atomic mass is 9.97. The topological polar surface area (TPSA) is 83.0 Å². The van der Waals surface area contributed by atoms with Crippen LogP contribution in [-0.2, 0) is 6.42 Å². The number of anilines is 1. The molecule has 1 amide bonds. The highest BCUT2D eigenvalue weighted by atomic mass is 16.1. The molecule has 0 spiro atoms. The van der Waals surface area contributed by atoms with Crippen molar-refractivity contribution in [2.75, 3.05) is 18.0 Å². The van der Waals surface area contributed by atoms with Gasteiger partial charge in [-0.05, 0) is 48.6 Å². The van der Waals surface area contributed by atoms with Gasteiger partial charge >= 0.3 is 0 Å². The van der Waals surface area contributed by atoms with Crippen LogP contribution >= 0.6 is 0 Å². The van der Waals surface area contributed by atoms with Gasteiger partial charge in [-0.25, -0.2) is 4.98 Å². The lowest BCUT2D eigenvalue weighted by Crippen LogP contribution is -2.22. The number of carbonyl (C=O) groups is 1. The van der Waals surface area contributed by atoms with Gasteiger partial charge in [-0.2, -0.15) is 5.26 Å². The molecule has 1 fully saturated rings. The maximum absolute atomic E-state index is 11.3. The second-order valence-corrected chi connectivity index (χ2v) is 5.86. The number of rotatable bonds is 4. The maximum Gasteiger partial charge on any atom is 0.248 e. The molecule has 1 atom stereocenters. The fourth-order valence-corrected chi connectivity index (χ4v) is 3.11. The third-order valence-corrected chi connectivity index (χ3v) is 4.23. The Morgan fingerprint density at radius 2 is 2.26 bits per heavy atom. The monoisotopic (exact) mass is 306 g/mol. The Kier molecular flexibility index (Phi) is 4.24. The minimum absolute atomic E-state index is 0.396. The van der Waals surface area contributed by atoms with Crippen LogP contribution in [0, 0.1) is 17.2 Å². The van der Waals surface area contributed by atoms with Gasteiger partial charge < -0.3 is 10.6 Å². The van der Waals surface area contributed by atoms with Crippen LogP contribution in [0.5, 0.6) is 0 Å². The highest BCUT2D eigenvalue weighted by Gasteiger charge is 2.25. The van der Waals surface area contributed by atoms with Crippen LogP contribution in [-0.4, -0.2) is 24.0 Å². The summed E-state index contributed by atoms with van der Waals surface area (Å²) in [5, 5.41) is 9.20. The van der Waals surface area contributed by atoms with Crippen LogP contribution in [0.2, 0.25) is 0 Å². The molecule has 1 aliphatic rings. The van der Waals surface area contributed by atoms with Crippen molar-refractivity contribution in [3.63, 3.8) is 0 Å². The molecule has 0 aliphatic carbocycles. The second kappa shape index (κ2) is 6.49. The van der Waals surface area contributed by atoms with Crippen molar-refractivity contribution in [3.05, 3.63) is 59.3 Å². The minimum atomic E-state index is -0.396. The summed E-state index contributed by atoms with van der Waals surface area (Å²) in [7, 11) is 0. The van der Waals surface area contributed by atoms with Gasteiger partial charge in [0.2, 0.25) is 5.91 Å². The summed E-state index contributed by atoms with van der Waals surface area (Å²) in [4.78, 5) is 17.8. The Balaban J connectivity index is 1.70. The zero-order chi connectivity index (χ0) is 16.2. The molecule has 2 N–H and O–H groups in total. The Bertz CT molecular complexity index is 766. The zero-order valence-electron chi connectivity index (χ0n) is 12.8. The number of nitrogens with zero attached hydrogens (tertiary/aromatic N) is 3. The van der Waals surface area contributed by atoms with Crippen molar-refractivity contribution in [1.29, 1.82) is 5.26 Å². The highest BCUT2D eigenvalue weighted by molar-refractivity contribution is 5.92. The Labute approximate surface area is 135 Å². The van der Waals surface area contributed by atoms with Crippen LogP contribution in [0.3, 0.4) is 0 Å². The first-order valence-corrected chi connectivity index (χ1v) is 7.66. The van der Waals surface area contributed by atoms with E-state index < -0.39 is 5.91 Å². The number of nitriles is 1. The normalized spacial score (nSPS) is 17.0. The third kappa shape index (κ3) is 3.32. The molecule has 0 saturated carbocycles. The number of nitrogens with two attached hydrogens (primary N) is 1. The quantitative estimate of drug-likeness (QED) is 0.938. The van der Waals surface area contributed by atoms with E-state index in [2.05, 4.69) is 16.0 Å². The first kappa shape index (κ1) is 15.0. The molecule has 0 radical (unpaired) electrons. The number of hydrogen-bond donors (Lipinski definition) is 1. The average Bonchev–Trinajstić information content (AvgIpc) is 3.03. The predicted octanol–water partition coefficient (Wildman–Crippen LogP) is 2.12. The van der Waals surface area contributed by atoms with Gasteiger partial charge in [0.15, 0.2) is 0 Å². The molecule has 3 rings (SSSR count). The summed E-state index contributed by atoms with van der Waals surface area (Å²) >= 11 is 0. The van der Waals surface area contributed by atoms with Crippen molar-refractivity contribution < 1.29 is 4.79 Å². The number of benzene rings is 1. The van der Waals surface area contributed by atoms with Gasteiger partial charge in [-0.1, -0.05) is 12.1 Å². The van der Waals surface area contributed by atoms with Gasteiger partial charge in [-0.15, -0.1) is 0 Å². The Morgan fingerprint density at radius 3 is 3.04 bits per heavy atom. The SMILES string of the molecule is N#Cc1cccnc1N1CCC(Cc2cccc(C(N)=O)c2)C1. The van der Waals surface area contributed by atoms with E-state index in [1.54, 1.807) is 24.4 Å². The van der Waals surface area contributed by atoms with Gasteiger partial charge in [0, 0.05) is 24.8 Å². The Morgan fingerprint density at radius 1 is 1.39 bits per heavy atom. The zero-order valence-corrected chi connectivity index (χ0v) is 12.8. The van der Waals surface area contributed by atoms with E-state index in [-0.39, 0.29) is 0 Å². The number of aromatic nitrogens is 1. The molecule has 1 unspecified atom stereocenters. The van der Waals surface area contributed by atoms with Crippen molar-refractivity contribution in [3.8, 4) is 6.07 Å². The van der Waals surface area contributed by atoms with E-state index in [9.17, 15) is 10.1 Å². The Hall–Kier alpha value is -2.87. The number of carbonyl (C=O) groups excluding carboxylic acids is 1. The van der Waals surface area contributed by atoms with E-state index in [1.807, 2.05) is 18.2 Å². The lowest BCUT2D eigenvalue weighted by Gasteiger charge is -2.18. The number of pyridine rings is 1. The predicted molar refractivity (Wildman–Crippen MR) is 87.9 cm³/mol. The van der Waals surface area contributed by atoms with E-state index in [0.29, 0.717) is 17.0 Å². The molecule has 5 nitrogen and oxygen atoms in total. The summed E-state index contributed by atoms with van der Waals surface area (Å²) in [5.74, 6) is 0.849. The molecule has 1 aliphatic heterocycles. The van der Waals surface area contributed by atoms with Gasteiger partial charge in [0.05, 0.1) is 5.56 Å². The van der Waals surface area contributed by atoms with E-state index in [4.69, 9.17) is 5.73 Å². The molecule has 1 aromatic carbocycles. The average molecular weight is 306 g/mol. The van der Waals surface area contributed by atoms with Crippen LogP contribution in [0.15, 0.2) is 42.6 Å². The van der Waals surface area contributed by atoms with Gasteiger partial charge in [0.1, 0.15) is 11.9 Å². The summed E-state index contributed by atoms with van der Waals surface area (Å²) in [6.07, 6.45) is 3.66. The summed E-state index contributed by atoms with van der Waals surface area (Å²) in [6.45, 7) is 1.76. The number of hydrogen-bond acceptors (Lipinski definition) is 4. The standard InChI is InChI=1S/C18H18N4O/c19-11-16-5-2-7-21-18(16)22-8-6-14(12-22)9-13-3-1-4-15(10-13)17(20)23/h1-5,7,10,14H,6,8-9,12H2,(H2,20,23). The van der Waals surface area contributed by atoms with Crippen LogP contribution in [0.4, 0.5) is 5.82 Å². The summed E-state index contributed by atoms with van der Waals surface area (Å²) in [6, 6.07) is 13.3. The molecular weight excluding hydrogens is 288 g/mol. The van der Waals surface area contributed by atoms with E-state index in [1.165, 1.54) is 0 Å². The second-order valence-electron chi connectivity index (χ2n) is 5.86. The highest BCUT2D eigenvalue weighted by Crippen LogP contribution is 2.27. The lowest BCUT2D eigenvalue weighted by molar-refractivity contribution is 0.1000.